The second-order valence-corrected chi connectivity index (χ2v) is 4.44. The van der Waals surface area contributed by atoms with Gasteiger partial charge >= 0.3 is 5.97 Å². The smallest absolute Gasteiger partial charge is 0.358 e. The molecule has 0 saturated carbocycles. The van der Waals surface area contributed by atoms with E-state index in [2.05, 4.69) is 15.4 Å². The molecule has 0 fully saturated rings. The molecule has 2 aromatic heterocycles. The maximum Gasteiger partial charge on any atom is 0.358 e. The molecule has 0 aliphatic heterocycles. The molecular formula is C12H17N5O2. The van der Waals surface area contributed by atoms with Crippen LogP contribution in [0.15, 0.2) is 12.4 Å². The van der Waals surface area contributed by atoms with E-state index < -0.39 is 5.97 Å². The van der Waals surface area contributed by atoms with Gasteiger partial charge in [0.15, 0.2) is 5.69 Å². The van der Waals surface area contributed by atoms with Gasteiger partial charge in [0, 0.05) is 19.8 Å². The maximum atomic E-state index is 11.1. The van der Waals surface area contributed by atoms with Crippen LogP contribution in [0.4, 0.5) is 0 Å². The van der Waals surface area contributed by atoms with E-state index >= 15 is 0 Å². The first kappa shape index (κ1) is 13.3. The molecule has 19 heavy (non-hydrogen) atoms. The molecule has 2 heterocycles. The Morgan fingerprint density at radius 1 is 1.42 bits per heavy atom. The second-order valence-electron chi connectivity index (χ2n) is 4.44. The number of hydrogen-bond acceptors (Lipinski definition) is 4. The van der Waals surface area contributed by atoms with Gasteiger partial charge in [0.2, 0.25) is 0 Å². The van der Waals surface area contributed by atoms with Crippen LogP contribution in [-0.4, -0.2) is 35.9 Å². The number of rotatable bonds is 6. The van der Waals surface area contributed by atoms with Crippen LogP contribution in [0.5, 0.6) is 0 Å². The molecule has 1 N–H and O–H groups in total. The quantitative estimate of drug-likeness (QED) is 0.837. The molecule has 0 aromatic carbocycles. The molecule has 0 radical (unpaired) electrons. The van der Waals surface area contributed by atoms with E-state index in [-0.39, 0.29) is 5.69 Å². The minimum absolute atomic E-state index is 0.0630. The summed E-state index contributed by atoms with van der Waals surface area (Å²) in [4.78, 5) is 11.1. The minimum Gasteiger partial charge on any atom is -0.476 e. The molecule has 0 aliphatic carbocycles. The van der Waals surface area contributed by atoms with Crippen LogP contribution in [0.1, 0.15) is 35.1 Å². The summed E-state index contributed by atoms with van der Waals surface area (Å²) >= 11 is 0. The lowest BCUT2D eigenvalue weighted by Gasteiger charge is -2.04. The number of carboxylic acid groups (broad SMARTS) is 1. The number of carbonyl (C=O) groups is 1. The average Bonchev–Trinajstić information content (AvgIpc) is 2.94. The number of aryl methyl sites for hydroxylation is 3. The van der Waals surface area contributed by atoms with Crippen molar-refractivity contribution in [2.75, 3.05) is 0 Å². The summed E-state index contributed by atoms with van der Waals surface area (Å²) in [6, 6.07) is 0. The number of hydrogen-bond donors (Lipinski definition) is 1. The van der Waals surface area contributed by atoms with Crippen LogP contribution in [0.25, 0.3) is 0 Å². The van der Waals surface area contributed by atoms with Crippen molar-refractivity contribution in [1.29, 1.82) is 0 Å². The Balaban J connectivity index is 2.13. The highest BCUT2D eigenvalue weighted by Gasteiger charge is 2.17. The summed E-state index contributed by atoms with van der Waals surface area (Å²) in [7, 11) is 1.87. The van der Waals surface area contributed by atoms with E-state index in [1.165, 1.54) is 0 Å². The van der Waals surface area contributed by atoms with Gasteiger partial charge in [-0.2, -0.15) is 5.10 Å². The van der Waals surface area contributed by atoms with Crippen LogP contribution in [-0.2, 0) is 26.4 Å². The Morgan fingerprint density at radius 3 is 2.79 bits per heavy atom. The topological polar surface area (TPSA) is 85.8 Å². The molecule has 0 saturated heterocycles. The van der Waals surface area contributed by atoms with Gasteiger partial charge in [0.05, 0.1) is 11.9 Å². The van der Waals surface area contributed by atoms with Gasteiger partial charge < -0.3 is 5.11 Å². The first-order valence-corrected chi connectivity index (χ1v) is 6.25. The highest BCUT2D eigenvalue weighted by Crippen LogP contribution is 2.10. The number of carboxylic acids is 1. The van der Waals surface area contributed by atoms with Crippen molar-refractivity contribution in [1.82, 2.24) is 24.8 Å². The summed E-state index contributed by atoms with van der Waals surface area (Å²) in [5, 5.41) is 20.8. The molecule has 0 amide bonds. The van der Waals surface area contributed by atoms with Crippen LogP contribution < -0.4 is 0 Å². The molecular weight excluding hydrogens is 246 g/mol. The van der Waals surface area contributed by atoms with Crippen LogP contribution in [0, 0.1) is 0 Å². The summed E-state index contributed by atoms with van der Waals surface area (Å²) in [5.41, 5.74) is 1.85. The number of aromatic nitrogens is 5. The molecule has 0 aliphatic rings. The Morgan fingerprint density at radius 2 is 2.21 bits per heavy atom. The Labute approximate surface area is 110 Å². The normalized spacial score (nSPS) is 10.8. The van der Waals surface area contributed by atoms with Crippen molar-refractivity contribution in [3.8, 4) is 0 Å². The van der Waals surface area contributed by atoms with Gasteiger partial charge in [0.25, 0.3) is 0 Å². The molecule has 7 heteroatoms. The zero-order valence-electron chi connectivity index (χ0n) is 11.1. The summed E-state index contributed by atoms with van der Waals surface area (Å²) in [5.74, 6) is -1.02. The Hall–Kier alpha value is -2.18. The first-order valence-electron chi connectivity index (χ1n) is 6.25. The van der Waals surface area contributed by atoms with E-state index in [9.17, 15) is 4.79 Å². The Bertz CT molecular complexity index is 572. The molecule has 2 rings (SSSR count). The van der Waals surface area contributed by atoms with Crippen molar-refractivity contribution in [3.63, 3.8) is 0 Å². The molecule has 0 unspecified atom stereocenters. The van der Waals surface area contributed by atoms with Crippen molar-refractivity contribution < 1.29 is 9.90 Å². The zero-order chi connectivity index (χ0) is 13.8. The molecule has 7 nitrogen and oxygen atoms in total. The lowest BCUT2D eigenvalue weighted by molar-refractivity contribution is 0.0689. The largest absolute Gasteiger partial charge is 0.476 e. The zero-order valence-corrected chi connectivity index (χ0v) is 11.1. The van der Waals surface area contributed by atoms with Gasteiger partial charge in [-0.15, -0.1) is 5.10 Å². The molecule has 2 aromatic rings. The van der Waals surface area contributed by atoms with Crippen LogP contribution >= 0.6 is 0 Å². The third-order valence-electron chi connectivity index (χ3n) is 2.90. The van der Waals surface area contributed by atoms with Gasteiger partial charge in [-0.3, -0.25) is 4.68 Å². The minimum atomic E-state index is -1.02. The summed E-state index contributed by atoms with van der Waals surface area (Å²) in [6.45, 7) is 2.62. The van der Waals surface area contributed by atoms with Gasteiger partial charge in [0.1, 0.15) is 0 Å². The van der Waals surface area contributed by atoms with E-state index in [1.54, 1.807) is 15.6 Å². The fraction of sp³-hybridized carbons (Fsp3) is 0.500. The SMILES string of the molecule is CCCc1c(C(=O)O)nnn1CCc1cnn(C)c1. The first-order chi connectivity index (χ1) is 9.11. The van der Waals surface area contributed by atoms with Crippen molar-refractivity contribution in [2.24, 2.45) is 7.05 Å². The lowest BCUT2D eigenvalue weighted by atomic mass is 10.2. The standard InChI is InChI=1S/C12H17N5O2/c1-3-4-10-11(12(18)19)14-15-17(10)6-5-9-7-13-16(2)8-9/h7-8H,3-6H2,1-2H3,(H,18,19). The van der Waals surface area contributed by atoms with Gasteiger partial charge in [-0.05, 0) is 18.4 Å². The number of nitrogens with zero attached hydrogens (tertiary/aromatic N) is 5. The van der Waals surface area contributed by atoms with Crippen molar-refractivity contribution >= 4 is 5.97 Å². The molecule has 0 atom stereocenters. The predicted octanol–water partition coefficient (Wildman–Crippen LogP) is 0.905. The second kappa shape index (κ2) is 5.64. The lowest BCUT2D eigenvalue weighted by Crippen LogP contribution is -2.10. The van der Waals surface area contributed by atoms with Gasteiger partial charge in [-0.25, -0.2) is 9.48 Å². The van der Waals surface area contributed by atoms with Gasteiger partial charge in [-0.1, -0.05) is 18.6 Å². The fourth-order valence-corrected chi connectivity index (χ4v) is 2.00. The molecule has 0 spiro atoms. The third kappa shape index (κ3) is 2.98. The monoisotopic (exact) mass is 263 g/mol. The summed E-state index contributed by atoms with van der Waals surface area (Å²) < 4.78 is 3.42. The van der Waals surface area contributed by atoms with E-state index in [4.69, 9.17) is 5.11 Å². The molecule has 102 valence electrons. The van der Waals surface area contributed by atoms with Crippen LogP contribution in [0.3, 0.4) is 0 Å². The van der Waals surface area contributed by atoms with Crippen molar-refractivity contribution in [3.05, 3.63) is 29.3 Å². The fourth-order valence-electron chi connectivity index (χ4n) is 2.00. The third-order valence-corrected chi connectivity index (χ3v) is 2.90. The molecule has 0 bridgehead atoms. The number of aromatic carboxylic acids is 1. The highest BCUT2D eigenvalue weighted by atomic mass is 16.4. The van der Waals surface area contributed by atoms with E-state index in [1.807, 2.05) is 20.2 Å². The average molecular weight is 263 g/mol. The predicted molar refractivity (Wildman–Crippen MR) is 67.9 cm³/mol. The van der Waals surface area contributed by atoms with E-state index in [0.717, 1.165) is 18.4 Å². The van der Waals surface area contributed by atoms with E-state index in [0.29, 0.717) is 18.7 Å². The van der Waals surface area contributed by atoms with Crippen molar-refractivity contribution in [2.45, 2.75) is 32.7 Å². The summed E-state index contributed by atoms with van der Waals surface area (Å²) in [6.07, 6.45) is 6.03. The highest BCUT2D eigenvalue weighted by molar-refractivity contribution is 5.86. The van der Waals surface area contributed by atoms with Crippen LogP contribution in [0.2, 0.25) is 0 Å². The Kier molecular flexibility index (Phi) is 3.94. The maximum absolute atomic E-state index is 11.1.